The van der Waals surface area contributed by atoms with Crippen molar-refractivity contribution in [2.24, 2.45) is 7.05 Å². The van der Waals surface area contributed by atoms with E-state index in [-0.39, 0.29) is 0 Å². The van der Waals surface area contributed by atoms with E-state index in [9.17, 15) is 0 Å². The van der Waals surface area contributed by atoms with Crippen LogP contribution in [0.2, 0.25) is 0 Å². The predicted octanol–water partition coefficient (Wildman–Crippen LogP) is 2.20. The Bertz CT molecular complexity index is 372. The molecule has 0 spiro atoms. The van der Waals surface area contributed by atoms with E-state index < -0.39 is 0 Å². The zero-order valence-electron chi connectivity index (χ0n) is 6.66. The molecule has 2 aromatic heterocycles. The zero-order valence-corrected chi connectivity index (χ0v) is 7.48. The van der Waals surface area contributed by atoms with Crippen LogP contribution >= 0.6 is 11.3 Å². The van der Waals surface area contributed by atoms with Crippen molar-refractivity contribution in [2.75, 3.05) is 0 Å². The zero-order chi connectivity index (χ0) is 7.84. The molecule has 0 N–H and O–H groups in total. The first kappa shape index (κ1) is 6.85. The smallest absolute Gasteiger partial charge is 0.0800 e. The third-order valence-electron chi connectivity index (χ3n) is 1.86. The highest BCUT2D eigenvalue weighted by Gasteiger charge is 2.06. The molecule has 0 aliphatic rings. The Kier molecular flexibility index (Phi) is 1.46. The van der Waals surface area contributed by atoms with E-state index in [0.29, 0.717) is 0 Å². The molecular weight excluding hydrogens is 156 g/mol. The quantitative estimate of drug-likeness (QED) is 0.635. The van der Waals surface area contributed by atoms with Gasteiger partial charge >= 0.3 is 0 Å². The summed E-state index contributed by atoms with van der Waals surface area (Å²) >= 11 is 1.78. The summed E-state index contributed by atoms with van der Waals surface area (Å²) in [4.78, 5) is 0. The van der Waals surface area contributed by atoms with Gasteiger partial charge in [0.2, 0.25) is 0 Å². The first-order chi connectivity index (χ1) is 5.33. The molecule has 2 heterocycles. The predicted molar refractivity (Wildman–Crippen MR) is 48.0 cm³/mol. The lowest BCUT2D eigenvalue weighted by atomic mass is 10.3. The van der Waals surface area contributed by atoms with Gasteiger partial charge in [-0.15, -0.1) is 11.3 Å². The molecule has 0 saturated carbocycles. The maximum atomic E-state index is 4.40. The number of thiophene rings is 1. The van der Waals surface area contributed by atoms with Crippen molar-refractivity contribution in [3.8, 4) is 0 Å². The fraction of sp³-hybridized carbons (Fsp3) is 0.375. The average molecular weight is 166 g/mol. The SMILES string of the molecule is CCc1nn(C)c2ccsc12. The third-order valence-corrected chi connectivity index (χ3v) is 2.81. The van der Waals surface area contributed by atoms with Gasteiger partial charge in [-0.2, -0.15) is 5.10 Å². The van der Waals surface area contributed by atoms with Crippen molar-refractivity contribution in [2.45, 2.75) is 13.3 Å². The fourth-order valence-corrected chi connectivity index (χ4v) is 2.26. The molecule has 0 saturated heterocycles. The van der Waals surface area contributed by atoms with Gasteiger partial charge in [0.1, 0.15) is 0 Å². The first-order valence-electron chi connectivity index (χ1n) is 3.72. The minimum atomic E-state index is 1.03. The minimum absolute atomic E-state index is 1.03. The van der Waals surface area contributed by atoms with Gasteiger partial charge in [-0.3, -0.25) is 4.68 Å². The van der Waals surface area contributed by atoms with E-state index in [0.717, 1.165) is 6.42 Å². The van der Waals surface area contributed by atoms with Gasteiger partial charge in [0.15, 0.2) is 0 Å². The van der Waals surface area contributed by atoms with Crippen LogP contribution in [0, 0.1) is 0 Å². The third kappa shape index (κ3) is 0.878. The summed E-state index contributed by atoms with van der Waals surface area (Å²) in [5.41, 5.74) is 2.48. The molecule has 11 heavy (non-hydrogen) atoms. The van der Waals surface area contributed by atoms with E-state index in [2.05, 4.69) is 23.5 Å². The van der Waals surface area contributed by atoms with Crippen LogP contribution < -0.4 is 0 Å². The number of aromatic nitrogens is 2. The van der Waals surface area contributed by atoms with Gasteiger partial charge in [0.25, 0.3) is 0 Å². The van der Waals surface area contributed by atoms with Gasteiger partial charge in [0.05, 0.1) is 15.9 Å². The van der Waals surface area contributed by atoms with Crippen molar-refractivity contribution in [1.29, 1.82) is 0 Å². The van der Waals surface area contributed by atoms with Crippen molar-refractivity contribution in [1.82, 2.24) is 9.78 Å². The number of hydrogen-bond donors (Lipinski definition) is 0. The Labute approximate surface area is 69.5 Å². The number of rotatable bonds is 1. The standard InChI is InChI=1S/C8H10N2S/c1-3-6-8-7(4-5-11-8)10(2)9-6/h4-5H,3H2,1-2H3. The number of nitrogens with zero attached hydrogens (tertiary/aromatic N) is 2. The largest absolute Gasteiger partial charge is 0.267 e. The van der Waals surface area contributed by atoms with Crippen molar-refractivity contribution in [3.63, 3.8) is 0 Å². The molecule has 0 fully saturated rings. The summed E-state index contributed by atoms with van der Waals surface area (Å²) in [5, 5.41) is 6.51. The lowest BCUT2D eigenvalue weighted by molar-refractivity contribution is 0.770. The number of fused-ring (bicyclic) bond motifs is 1. The molecule has 3 heteroatoms. The van der Waals surface area contributed by atoms with Crippen LogP contribution in [0.1, 0.15) is 12.6 Å². The monoisotopic (exact) mass is 166 g/mol. The van der Waals surface area contributed by atoms with E-state index in [1.54, 1.807) is 11.3 Å². The Hall–Kier alpha value is -0.830. The molecule has 2 rings (SSSR count). The summed E-state index contributed by atoms with van der Waals surface area (Å²) < 4.78 is 3.29. The van der Waals surface area contributed by atoms with Gasteiger partial charge in [-0.05, 0) is 17.9 Å². The van der Waals surface area contributed by atoms with Crippen LogP contribution in [0.25, 0.3) is 10.2 Å². The first-order valence-corrected chi connectivity index (χ1v) is 4.60. The fourth-order valence-electron chi connectivity index (χ4n) is 1.28. The molecule has 0 atom stereocenters. The molecule has 0 bridgehead atoms. The van der Waals surface area contributed by atoms with Crippen molar-refractivity contribution >= 4 is 21.6 Å². The van der Waals surface area contributed by atoms with Gasteiger partial charge in [-0.1, -0.05) is 6.92 Å². The maximum Gasteiger partial charge on any atom is 0.0800 e. The lowest BCUT2D eigenvalue weighted by Gasteiger charge is -1.86. The molecular formula is C8H10N2S. The molecule has 58 valence electrons. The van der Waals surface area contributed by atoms with Crippen LogP contribution in [0.15, 0.2) is 11.4 Å². The van der Waals surface area contributed by atoms with Crippen LogP contribution in [-0.2, 0) is 13.5 Å². The Morgan fingerprint density at radius 3 is 3.18 bits per heavy atom. The average Bonchev–Trinajstić information content (AvgIpc) is 2.54. The van der Waals surface area contributed by atoms with Crippen molar-refractivity contribution < 1.29 is 0 Å². The second-order valence-electron chi connectivity index (χ2n) is 2.56. The van der Waals surface area contributed by atoms with Crippen LogP contribution in [0.4, 0.5) is 0 Å². The molecule has 0 amide bonds. The molecule has 0 radical (unpaired) electrons. The molecule has 0 aliphatic carbocycles. The van der Waals surface area contributed by atoms with E-state index in [1.807, 2.05) is 11.7 Å². The molecule has 0 aromatic carbocycles. The lowest BCUT2D eigenvalue weighted by Crippen LogP contribution is -1.90. The van der Waals surface area contributed by atoms with Crippen LogP contribution in [-0.4, -0.2) is 9.78 Å². The molecule has 2 aromatic rings. The topological polar surface area (TPSA) is 17.8 Å². The summed E-state index contributed by atoms with van der Waals surface area (Å²) in [5.74, 6) is 0. The van der Waals surface area contributed by atoms with Crippen LogP contribution in [0.5, 0.6) is 0 Å². The molecule has 0 unspecified atom stereocenters. The second kappa shape index (κ2) is 2.34. The summed E-state index contributed by atoms with van der Waals surface area (Å²) in [6, 6.07) is 2.12. The Morgan fingerprint density at radius 2 is 2.45 bits per heavy atom. The summed E-state index contributed by atoms with van der Waals surface area (Å²) in [7, 11) is 1.99. The van der Waals surface area contributed by atoms with Gasteiger partial charge in [-0.25, -0.2) is 0 Å². The highest BCUT2D eigenvalue weighted by atomic mass is 32.1. The second-order valence-corrected chi connectivity index (χ2v) is 3.47. The summed E-state index contributed by atoms with van der Waals surface area (Å²) in [6.07, 6.45) is 1.03. The molecule has 2 nitrogen and oxygen atoms in total. The summed E-state index contributed by atoms with van der Waals surface area (Å²) in [6.45, 7) is 2.14. The minimum Gasteiger partial charge on any atom is -0.267 e. The van der Waals surface area contributed by atoms with E-state index >= 15 is 0 Å². The van der Waals surface area contributed by atoms with Crippen LogP contribution in [0.3, 0.4) is 0 Å². The molecule has 0 aliphatic heterocycles. The van der Waals surface area contributed by atoms with E-state index in [1.165, 1.54) is 15.9 Å². The van der Waals surface area contributed by atoms with Gasteiger partial charge < -0.3 is 0 Å². The van der Waals surface area contributed by atoms with E-state index in [4.69, 9.17) is 0 Å². The van der Waals surface area contributed by atoms with Gasteiger partial charge in [0, 0.05) is 7.05 Å². The number of hydrogen-bond acceptors (Lipinski definition) is 2. The highest BCUT2D eigenvalue weighted by molar-refractivity contribution is 7.17. The Morgan fingerprint density at radius 1 is 1.64 bits per heavy atom. The number of aryl methyl sites for hydroxylation is 2. The highest BCUT2D eigenvalue weighted by Crippen LogP contribution is 2.23. The Balaban J connectivity index is 2.80. The normalized spacial score (nSPS) is 11.1. The maximum absolute atomic E-state index is 4.40. The van der Waals surface area contributed by atoms with Crippen molar-refractivity contribution in [3.05, 3.63) is 17.1 Å².